The van der Waals surface area contributed by atoms with Crippen LogP contribution < -0.4 is 10.6 Å². The van der Waals surface area contributed by atoms with Crippen LogP contribution in [0.2, 0.25) is 0 Å². The molecule has 0 spiro atoms. The van der Waals surface area contributed by atoms with Crippen LogP contribution in [0.15, 0.2) is 6.33 Å². The highest BCUT2D eigenvalue weighted by atomic mass is 16.1. The van der Waals surface area contributed by atoms with Crippen molar-refractivity contribution in [3.8, 4) is 0 Å². The molecule has 6 nitrogen and oxygen atoms in total. The Morgan fingerprint density at radius 1 is 1.28 bits per heavy atom. The lowest BCUT2D eigenvalue weighted by molar-refractivity contribution is -0.120. The van der Waals surface area contributed by atoms with Gasteiger partial charge in [0, 0.05) is 26.4 Å². The van der Waals surface area contributed by atoms with Gasteiger partial charge in [0.1, 0.15) is 12.2 Å². The van der Waals surface area contributed by atoms with Crippen molar-refractivity contribution in [3.63, 3.8) is 0 Å². The molecule has 1 amide bonds. The van der Waals surface area contributed by atoms with Crippen LogP contribution in [0.1, 0.15) is 37.9 Å². The SMILES string of the molecule is CNC(=O)CCNCCCCCCc1ncn[nH]1. The van der Waals surface area contributed by atoms with Gasteiger partial charge in [0.15, 0.2) is 0 Å². The van der Waals surface area contributed by atoms with E-state index in [2.05, 4.69) is 25.8 Å². The second-order valence-electron chi connectivity index (χ2n) is 4.27. The van der Waals surface area contributed by atoms with E-state index in [4.69, 9.17) is 0 Å². The van der Waals surface area contributed by atoms with Crippen molar-refractivity contribution in [1.82, 2.24) is 25.8 Å². The number of H-pyrrole nitrogens is 1. The number of aryl methyl sites for hydroxylation is 1. The van der Waals surface area contributed by atoms with Gasteiger partial charge in [-0.25, -0.2) is 4.98 Å². The molecule has 0 atom stereocenters. The average Bonchev–Trinajstić information content (AvgIpc) is 2.89. The Hall–Kier alpha value is -1.43. The standard InChI is InChI=1S/C12H23N5O/c1-13-12(18)7-9-14-8-5-3-2-4-6-11-15-10-16-17-11/h10,14H,2-9H2,1H3,(H,13,18)(H,15,16,17). The minimum absolute atomic E-state index is 0.0922. The van der Waals surface area contributed by atoms with Crippen molar-refractivity contribution in [2.24, 2.45) is 0 Å². The Morgan fingerprint density at radius 3 is 2.83 bits per heavy atom. The van der Waals surface area contributed by atoms with Crippen molar-refractivity contribution in [2.75, 3.05) is 20.1 Å². The summed E-state index contributed by atoms with van der Waals surface area (Å²) in [6.07, 6.45) is 7.80. The predicted octanol–water partition coefficient (Wildman–Crippen LogP) is 0.633. The van der Waals surface area contributed by atoms with Gasteiger partial charge < -0.3 is 10.6 Å². The third-order valence-electron chi connectivity index (χ3n) is 2.79. The number of hydrogen-bond acceptors (Lipinski definition) is 4. The smallest absolute Gasteiger partial charge is 0.221 e. The van der Waals surface area contributed by atoms with Crippen molar-refractivity contribution in [1.29, 1.82) is 0 Å². The van der Waals surface area contributed by atoms with Crippen LogP contribution >= 0.6 is 0 Å². The zero-order valence-corrected chi connectivity index (χ0v) is 11.0. The van der Waals surface area contributed by atoms with Crippen LogP contribution in [0.5, 0.6) is 0 Å². The first kappa shape index (κ1) is 14.6. The molecule has 18 heavy (non-hydrogen) atoms. The lowest BCUT2D eigenvalue weighted by Gasteiger charge is -2.04. The van der Waals surface area contributed by atoms with Crippen molar-refractivity contribution < 1.29 is 4.79 Å². The molecule has 0 radical (unpaired) electrons. The molecule has 1 aromatic heterocycles. The molecule has 102 valence electrons. The first-order chi connectivity index (χ1) is 8.83. The number of nitrogens with one attached hydrogen (secondary N) is 3. The number of amides is 1. The molecule has 0 aliphatic carbocycles. The van der Waals surface area contributed by atoms with Gasteiger partial charge in [-0.3, -0.25) is 9.89 Å². The first-order valence-electron chi connectivity index (χ1n) is 6.58. The molecule has 0 aromatic carbocycles. The van der Waals surface area contributed by atoms with Gasteiger partial charge >= 0.3 is 0 Å². The Labute approximate surface area is 108 Å². The first-order valence-corrected chi connectivity index (χ1v) is 6.58. The molecule has 3 N–H and O–H groups in total. The van der Waals surface area contributed by atoms with Gasteiger partial charge in [-0.2, -0.15) is 5.10 Å². The van der Waals surface area contributed by atoms with E-state index in [-0.39, 0.29) is 5.91 Å². The van der Waals surface area contributed by atoms with Gasteiger partial charge in [0.25, 0.3) is 0 Å². The summed E-state index contributed by atoms with van der Waals surface area (Å²) in [4.78, 5) is 15.0. The summed E-state index contributed by atoms with van der Waals surface area (Å²) >= 11 is 0. The molecule has 0 fully saturated rings. The highest BCUT2D eigenvalue weighted by Gasteiger charge is 1.97. The van der Waals surface area contributed by atoms with Gasteiger partial charge in [-0.1, -0.05) is 12.8 Å². The predicted molar refractivity (Wildman–Crippen MR) is 70.1 cm³/mol. The average molecular weight is 253 g/mol. The molecule has 6 heteroatoms. The number of rotatable bonds is 10. The Kier molecular flexibility index (Phi) is 7.79. The molecule has 0 unspecified atom stereocenters. The molecule has 0 aliphatic rings. The normalized spacial score (nSPS) is 10.5. The van der Waals surface area contributed by atoms with E-state index >= 15 is 0 Å². The zero-order valence-electron chi connectivity index (χ0n) is 11.0. The van der Waals surface area contributed by atoms with Gasteiger partial charge in [0.05, 0.1) is 0 Å². The number of aromatic amines is 1. The minimum Gasteiger partial charge on any atom is -0.359 e. The van der Waals surface area contributed by atoms with Crippen LogP contribution in [-0.2, 0) is 11.2 Å². The third-order valence-corrected chi connectivity index (χ3v) is 2.79. The number of nitrogens with zero attached hydrogens (tertiary/aromatic N) is 2. The van der Waals surface area contributed by atoms with E-state index in [9.17, 15) is 4.79 Å². The molecule has 0 aliphatic heterocycles. The highest BCUT2D eigenvalue weighted by molar-refractivity contribution is 5.75. The van der Waals surface area contributed by atoms with E-state index in [1.807, 2.05) is 0 Å². The monoisotopic (exact) mass is 253 g/mol. The Morgan fingerprint density at radius 2 is 2.11 bits per heavy atom. The van der Waals surface area contributed by atoms with E-state index in [1.165, 1.54) is 12.8 Å². The van der Waals surface area contributed by atoms with Crippen LogP contribution in [0, 0.1) is 0 Å². The maximum Gasteiger partial charge on any atom is 0.221 e. The van der Waals surface area contributed by atoms with Crippen LogP contribution in [0.25, 0.3) is 0 Å². The quantitative estimate of drug-likeness (QED) is 0.534. The summed E-state index contributed by atoms with van der Waals surface area (Å²) in [5, 5.41) is 12.5. The third kappa shape index (κ3) is 7.01. The molecule has 1 aromatic rings. The second-order valence-corrected chi connectivity index (χ2v) is 4.27. The highest BCUT2D eigenvalue weighted by Crippen LogP contribution is 2.02. The Bertz CT molecular complexity index is 312. The van der Waals surface area contributed by atoms with Gasteiger partial charge in [-0.05, 0) is 19.4 Å². The largest absolute Gasteiger partial charge is 0.359 e. The van der Waals surface area contributed by atoms with Crippen molar-refractivity contribution in [2.45, 2.75) is 38.5 Å². The van der Waals surface area contributed by atoms with Crippen LogP contribution in [0.4, 0.5) is 0 Å². The van der Waals surface area contributed by atoms with Gasteiger partial charge in [0.2, 0.25) is 5.91 Å². The number of unbranched alkanes of at least 4 members (excludes halogenated alkanes) is 3. The van der Waals surface area contributed by atoms with E-state index in [0.29, 0.717) is 6.42 Å². The molecule has 0 saturated heterocycles. The zero-order chi connectivity index (χ0) is 13.1. The van der Waals surface area contributed by atoms with Crippen LogP contribution in [0.3, 0.4) is 0 Å². The van der Waals surface area contributed by atoms with Crippen molar-refractivity contribution >= 4 is 5.91 Å². The lowest BCUT2D eigenvalue weighted by Crippen LogP contribution is -2.25. The molecule has 0 saturated carbocycles. The summed E-state index contributed by atoms with van der Waals surface area (Å²) < 4.78 is 0. The number of carbonyl (C=O) groups is 1. The fourth-order valence-electron chi connectivity index (χ4n) is 1.70. The number of aromatic nitrogens is 3. The molecular weight excluding hydrogens is 230 g/mol. The maximum atomic E-state index is 10.9. The van der Waals surface area contributed by atoms with E-state index in [0.717, 1.165) is 38.2 Å². The van der Waals surface area contributed by atoms with E-state index < -0.39 is 0 Å². The summed E-state index contributed by atoms with van der Waals surface area (Å²) in [6, 6.07) is 0. The molecule has 0 bridgehead atoms. The van der Waals surface area contributed by atoms with E-state index in [1.54, 1.807) is 13.4 Å². The topological polar surface area (TPSA) is 82.7 Å². The molecular formula is C12H23N5O. The minimum atomic E-state index is 0.0922. The lowest BCUT2D eigenvalue weighted by atomic mass is 10.1. The fraction of sp³-hybridized carbons (Fsp3) is 0.750. The van der Waals surface area contributed by atoms with Crippen LogP contribution in [-0.4, -0.2) is 41.2 Å². The Balaban J connectivity index is 1.80. The summed E-state index contributed by atoms with van der Waals surface area (Å²) in [6.45, 7) is 1.75. The molecule has 1 rings (SSSR count). The fourth-order valence-corrected chi connectivity index (χ4v) is 1.70. The number of carbonyl (C=O) groups excluding carboxylic acids is 1. The maximum absolute atomic E-state index is 10.9. The number of hydrogen-bond donors (Lipinski definition) is 3. The summed E-state index contributed by atoms with van der Waals surface area (Å²) in [7, 11) is 1.66. The molecule has 1 heterocycles. The van der Waals surface area contributed by atoms with Gasteiger partial charge in [-0.15, -0.1) is 0 Å². The summed E-state index contributed by atoms with van der Waals surface area (Å²) in [5.74, 6) is 1.06. The summed E-state index contributed by atoms with van der Waals surface area (Å²) in [5.41, 5.74) is 0. The van der Waals surface area contributed by atoms with Crippen molar-refractivity contribution in [3.05, 3.63) is 12.2 Å². The second kappa shape index (κ2) is 9.58.